The van der Waals surface area contributed by atoms with E-state index in [2.05, 4.69) is 4.98 Å². The number of aromatic nitrogens is 1. The number of nitrogens with zero attached hydrogens (tertiary/aromatic N) is 1. The van der Waals surface area contributed by atoms with Gasteiger partial charge in [-0.3, -0.25) is 4.79 Å². The Labute approximate surface area is 110 Å². The van der Waals surface area contributed by atoms with Crippen molar-refractivity contribution in [1.82, 2.24) is 9.88 Å². The number of nitrogens with one attached hydrogen (secondary N) is 1. The van der Waals surface area contributed by atoms with Gasteiger partial charge in [0.25, 0.3) is 15.0 Å². The number of rotatable bonds is 6. The molecule has 0 unspecified atom stereocenters. The van der Waals surface area contributed by atoms with Crippen LogP contribution in [0.4, 0.5) is 0 Å². The Balaban J connectivity index is 2.70. The molecule has 0 saturated heterocycles. The van der Waals surface area contributed by atoms with Crippen LogP contribution in [0, 0.1) is 0 Å². The van der Waals surface area contributed by atoms with E-state index in [0.717, 1.165) is 0 Å². The number of hydrogen-bond acceptors (Lipinski definition) is 4. The third-order valence-electron chi connectivity index (χ3n) is 2.36. The fraction of sp³-hybridized carbons (Fsp3) is 0.500. The Kier molecular flexibility index (Phi) is 5.18. The zero-order valence-electron chi connectivity index (χ0n) is 10.1. The lowest BCUT2D eigenvalue weighted by Crippen LogP contribution is -2.28. The summed E-state index contributed by atoms with van der Waals surface area (Å²) in [4.78, 5) is 15.9. The molecule has 0 bridgehead atoms. The van der Waals surface area contributed by atoms with Crippen LogP contribution < -0.4 is 0 Å². The van der Waals surface area contributed by atoms with Crippen molar-refractivity contribution in [2.75, 3.05) is 27.3 Å². The predicted molar refractivity (Wildman–Crippen MR) is 67.3 cm³/mol. The first-order valence-electron chi connectivity index (χ1n) is 5.23. The van der Waals surface area contributed by atoms with Crippen molar-refractivity contribution >= 4 is 25.6 Å². The van der Waals surface area contributed by atoms with E-state index >= 15 is 0 Å². The maximum atomic E-state index is 11.9. The number of carbonyl (C=O) groups excluding carboxylic acids is 1. The van der Waals surface area contributed by atoms with Gasteiger partial charge in [-0.2, -0.15) is 0 Å². The fourth-order valence-electron chi connectivity index (χ4n) is 1.39. The second-order valence-electron chi connectivity index (χ2n) is 3.76. The second kappa shape index (κ2) is 6.21. The van der Waals surface area contributed by atoms with E-state index in [1.54, 1.807) is 14.2 Å². The maximum absolute atomic E-state index is 11.9. The lowest BCUT2D eigenvalue weighted by Gasteiger charge is -2.15. The SMILES string of the molecule is COCCCN(C)C(=O)c1cc(S(=O)(=O)Cl)c[nH]1. The topological polar surface area (TPSA) is 79.5 Å². The molecule has 0 radical (unpaired) electrons. The lowest BCUT2D eigenvalue weighted by atomic mass is 10.3. The van der Waals surface area contributed by atoms with Gasteiger partial charge >= 0.3 is 0 Å². The van der Waals surface area contributed by atoms with Crippen LogP contribution in [0.15, 0.2) is 17.2 Å². The molecular weight excluding hydrogens is 280 g/mol. The molecule has 1 heterocycles. The summed E-state index contributed by atoms with van der Waals surface area (Å²) in [6.45, 7) is 1.08. The fourth-order valence-corrected chi connectivity index (χ4v) is 2.12. The van der Waals surface area contributed by atoms with Crippen molar-refractivity contribution in [2.45, 2.75) is 11.3 Å². The highest BCUT2D eigenvalue weighted by atomic mass is 35.7. The van der Waals surface area contributed by atoms with Crippen molar-refractivity contribution in [3.63, 3.8) is 0 Å². The summed E-state index contributed by atoms with van der Waals surface area (Å²) >= 11 is 0. The van der Waals surface area contributed by atoms with Crippen LogP contribution in [0.2, 0.25) is 0 Å². The molecule has 1 aromatic rings. The summed E-state index contributed by atoms with van der Waals surface area (Å²) in [6.07, 6.45) is 1.90. The Hall–Kier alpha value is -1.05. The number of aromatic amines is 1. The van der Waals surface area contributed by atoms with E-state index in [-0.39, 0.29) is 16.5 Å². The molecule has 1 rings (SSSR count). The molecule has 0 aliphatic carbocycles. The molecule has 0 aliphatic rings. The first-order chi connectivity index (χ1) is 8.36. The summed E-state index contributed by atoms with van der Waals surface area (Å²) in [7, 11) is 4.58. The molecule has 0 atom stereocenters. The van der Waals surface area contributed by atoms with Gasteiger partial charge < -0.3 is 14.6 Å². The zero-order valence-corrected chi connectivity index (χ0v) is 11.7. The smallest absolute Gasteiger partial charge is 0.270 e. The molecule has 0 aliphatic heterocycles. The summed E-state index contributed by atoms with van der Waals surface area (Å²) in [5, 5.41) is 0. The van der Waals surface area contributed by atoms with Crippen LogP contribution in [-0.4, -0.2) is 51.5 Å². The number of halogens is 1. The molecule has 18 heavy (non-hydrogen) atoms. The highest BCUT2D eigenvalue weighted by Gasteiger charge is 2.18. The number of ether oxygens (including phenoxy) is 1. The van der Waals surface area contributed by atoms with Crippen molar-refractivity contribution in [3.05, 3.63) is 18.0 Å². The van der Waals surface area contributed by atoms with Crippen LogP contribution in [0.1, 0.15) is 16.9 Å². The Morgan fingerprint density at radius 2 is 2.22 bits per heavy atom. The van der Waals surface area contributed by atoms with Crippen molar-refractivity contribution < 1.29 is 17.9 Å². The first-order valence-corrected chi connectivity index (χ1v) is 7.54. The average Bonchev–Trinajstić information content (AvgIpc) is 2.77. The maximum Gasteiger partial charge on any atom is 0.270 e. The van der Waals surface area contributed by atoms with Gasteiger partial charge in [-0.05, 0) is 12.5 Å². The number of methoxy groups -OCH3 is 1. The molecule has 0 saturated carbocycles. The predicted octanol–water partition coefficient (Wildman–Crippen LogP) is 1.05. The largest absolute Gasteiger partial charge is 0.385 e. The van der Waals surface area contributed by atoms with Gasteiger partial charge in [-0.1, -0.05) is 0 Å². The van der Waals surface area contributed by atoms with Gasteiger partial charge in [0.2, 0.25) is 0 Å². The second-order valence-corrected chi connectivity index (χ2v) is 6.33. The minimum atomic E-state index is -3.81. The normalized spacial score (nSPS) is 11.5. The van der Waals surface area contributed by atoms with E-state index in [4.69, 9.17) is 15.4 Å². The van der Waals surface area contributed by atoms with Gasteiger partial charge in [0, 0.05) is 44.2 Å². The van der Waals surface area contributed by atoms with E-state index < -0.39 is 9.05 Å². The van der Waals surface area contributed by atoms with E-state index in [9.17, 15) is 13.2 Å². The highest BCUT2D eigenvalue weighted by molar-refractivity contribution is 8.13. The van der Waals surface area contributed by atoms with Crippen LogP contribution >= 0.6 is 10.7 Å². The van der Waals surface area contributed by atoms with Crippen LogP contribution in [0.5, 0.6) is 0 Å². The van der Waals surface area contributed by atoms with Crippen molar-refractivity contribution in [3.8, 4) is 0 Å². The molecule has 0 spiro atoms. The first kappa shape index (κ1) is 15.0. The minimum Gasteiger partial charge on any atom is -0.385 e. The molecule has 1 aromatic heterocycles. The molecule has 102 valence electrons. The highest BCUT2D eigenvalue weighted by Crippen LogP contribution is 2.16. The summed E-state index contributed by atoms with van der Waals surface area (Å²) in [5.74, 6) is -0.294. The molecular formula is C10H15ClN2O4S. The molecule has 8 heteroatoms. The average molecular weight is 295 g/mol. The number of carbonyl (C=O) groups is 1. The number of H-pyrrole nitrogens is 1. The standard InChI is InChI=1S/C10H15ClN2O4S/c1-13(4-3-5-17-2)10(14)9-6-8(7-12-9)18(11,15)16/h6-7,12H,3-5H2,1-2H3. The van der Waals surface area contributed by atoms with Crippen molar-refractivity contribution in [1.29, 1.82) is 0 Å². The molecule has 1 amide bonds. The molecule has 1 N–H and O–H groups in total. The lowest BCUT2D eigenvalue weighted by molar-refractivity contribution is 0.0774. The van der Waals surface area contributed by atoms with Gasteiger partial charge in [0.1, 0.15) is 10.6 Å². The van der Waals surface area contributed by atoms with Gasteiger partial charge in [-0.25, -0.2) is 8.42 Å². The third-order valence-corrected chi connectivity index (χ3v) is 3.69. The third kappa shape index (κ3) is 4.01. The molecule has 0 aromatic carbocycles. The van der Waals surface area contributed by atoms with E-state index in [0.29, 0.717) is 19.6 Å². The Bertz CT molecular complexity index is 512. The van der Waals surface area contributed by atoms with Crippen LogP contribution in [0.3, 0.4) is 0 Å². The molecule has 6 nitrogen and oxygen atoms in total. The van der Waals surface area contributed by atoms with E-state index in [1.807, 2.05) is 0 Å². The number of amides is 1. The van der Waals surface area contributed by atoms with Gasteiger partial charge in [-0.15, -0.1) is 0 Å². The summed E-state index contributed by atoms with van der Waals surface area (Å²) in [5.41, 5.74) is 0.189. The quantitative estimate of drug-likeness (QED) is 0.628. The monoisotopic (exact) mass is 294 g/mol. The van der Waals surface area contributed by atoms with Gasteiger partial charge in [0.05, 0.1) is 0 Å². The minimum absolute atomic E-state index is 0.113. The van der Waals surface area contributed by atoms with Gasteiger partial charge in [0.15, 0.2) is 0 Å². The Morgan fingerprint density at radius 1 is 1.56 bits per heavy atom. The van der Waals surface area contributed by atoms with Crippen LogP contribution in [-0.2, 0) is 13.8 Å². The number of hydrogen-bond donors (Lipinski definition) is 1. The van der Waals surface area contributed by atoms with Crippen LogP contribution in [0.25, 0.3) is 0 Å². The summed E-state index contributed by atoms with van der Waals surface area (Å²) in [6, 6.07) is 1.22. The Morgan fingerprint density at radius 3 is 2.72 bits per heavy atom. The van der Waals surface area contributed by atoms with Crippen molar-refractivity contribution in [2.24, 2.45) is 0 Å². The molecule has 0 fully saturated rings. The van der Waals surface area contributed by atoms with E-state index in [1.165, 1.54) is 17.2 Å². The zero-order chi connectivity index (χ0) is 13.8. The summed E-state index contributed by atoms with van der Waals surface area (Å²) < 4.78 is 27.0.